The predicted molar refractivity (Wildman–Crippen MR) is 78.5 cm³/mol. The van der Waals surface area contributed by atoms with Crippen LogP contribution in [0.4, 0.5) is 0 Å². The van der Waals surface area contributed by atoms with Crippen molar-refractivity contribution >= 4 is 30.7 Å². The van der Waals surface area contributed by atoms with Crippen LogP contribution >= 0.6 is 24.8 Å². The van der Waals surface area contributed by atoms with Crippen molar-refractivity contribution in [1.29, 1.82) is 0 Å². The number of nitrogens with zero attached hydrogens (tertiary/aromatic N) is 2. The van der Waals surface area contributed by atoms with E-state index >= 15 is 0 Å². The van der Waals surface area contributed by atoms with Crippen LogP contribution in [0.3, 0.4) is 0 Å². The van der Waals surface area contributed by atoms with Gasteiger partial charge in [0.05, 0.1) is 0 Å². The highest BCUT2D eigenvalue weighted by Gasteiger charge is 2.32. The van der Waals surface area contributed by atoms with Crippen LogP contribution in [0.5, 0.6) is 0 Å². The zero-order valence-corrected chi connectivity index (χ0v) is 12.6. The van der Waals surface area contributed by atoms with Gasteiger partial charge in [0.25, 0.3) is 0 Å². The minimum atomic E-state index is 0. The number of piperazine rings is 1. The number of halogens is 2. The lowest BCUT2D eigenvalue weighted by Gasteiger charge is -2.35. The molecule has 0 spiro atoms. The third-order valence-corrected chi connectivity index (χ3v) is 3.95. The molecule has 2 unspecified atom stereocenters. The number of hydrogen-bond acceptors (Lipinski definition) is 3. The highest BCUT2D eigenvalue weighted by Crippen LogP contribution is 2.26. The van der Waals surface area contributed by atoms with Crippen LogP contribution in [-0.4, -0.2) is 54.5 Å². The normalized spacial score (nSPS) is 28.4. The first-order chi connectivity index (χ1) is 7.70. The van der Waals surface area contributed by atoms with Gasteiger partial charge in [0.15, 0.2) is 0 Å². The standard InChI is InChI=1S/C12H23N3O.2ClH/c1-2-14-5-7-15(8-6-14)12(16)10-3-4-11(13)9-10;;/h10-11H,2-9,13H2,1H3;2*1H. The Morgan fingerprint density at radius 3 is 2.22 bits per heavy atom. The predicted octanol–water partition coefficient (Wildman–Crippen LogP) is 1.12. The maximum Gasteiger partial charge on any atom is 0.225 e. The summed E-state index contributed by atoms with van der Waals surface area (Å²) in [4.78, 5) is 16.6. The number of hydrogen-bond donors (Lipinski definition) is 1. The van der Waals surface area contributed by atoms with Gasteiger partial charge in [-0.15, -0.1) is 24.8 Å². The Morgan fingerprint density at radius 2 is 1.78 bits per heavy atom. The number of carbonyl (C=O) groups is 1. The molecule has 0 aromatic heterocycles. The summed E-state index contributed by atoms with van der Waals surface area (Å²) in [6.07, 6.45) is 2.91. The number of carbonyl (C=O) groups excluding carboxylic acids is 1. The van der Waals surface area contributed by atoms with Crippen LogP contribution in [0.25, 0.3) is 0 Å². The van der Waals surface area contributed by atoms with E-state index in [9.17, 15) is 4.79 Å². The van der Waals surface area contributed by atoms with Gasteiger partial charge in [0.1, 0.15) is 0 Å². The van der Waals surface area contributed by atoms with Gasteiger partial charge in [-0.05, 0) is 25.8 Å². The largest absolute Gasteiger partial charge is 0.340 e. The Balaban J connectivity index is 0.00000144. The molecule has 1 heterocycles. The Bertz CT molecular complexity index is 258. The van der Waals surface area contributed by atoms with Crippen LogP contribution < -0.4 is 5.73 Å². The van der Waals surface area contributed by atoms with Crippen molar-refractivity contribution in [2.24, 2.45) is 11.7 Å². The molecule has 1 saturated carbocycles. The van der Waals surface area contributed by atoms with E-state index in [4.69, 9.17) is 5.73 Å². The summed E-state index contributed by atoms with van der Waals surface area (Å²) in [5.74, 6) is 0.562. The molecule has 4 nitrogen and oxygen atoms in total. The summed E-state index contributed by atoms with van der Waals surface area (Å²) in [6.45, 7) is 7.13. The highest BCUT2D eigenvalue weighted by molar-refractivity contribution is 5.85. The molecule has 0 aromatic carbocycles. The van der Waals surface area contributed by atoms with Crippen molar-refractivity contribution in [1.82, 2.24) is 9.80 Å². The summed E-state index contributed by atoms with van der Waals surface area (Å²) < 4.78 is 0. The summed E-state index contributed by atoms with van der Waals surface area (Å²) in [5.41, 5.74) is 5.86. The molecule has 0 radical (unpaired) electrons. The van der Waals surface area contributed by atoms with E-state index in [-0.39, 0.29) is 36.8 Å². The van der Waals surface area contributed by atoms with Crippen LogP contribution in [0.2, 0.25) is 0 Å². The van der Waals surface area contributed by atoms with E-state index in [1.165, 1.54) is 0 Å². The van der Waals surface area contributed by atoms with Crippen molar-refractivity contribution < 1.29 is 4.79 Å². The average molecular weight is 298 g/mol. The van der Waals surface area contributed by atoms with Crippen LogP contribution in [0, 0.1) is 5.92 Å². The van der Waals surface area contributed by atoms with Gasteiger partial charge >= 0.3 is 0 Å². The van der Waals surface area contributed by atoms with Crippen molar-refractivity contribution in [3.8, 4) is 0 Å². The monoisotopic (exact) mass is 297 g/mol. The molecule has 2 N–H and O–H groups in total. The molecular weight excluding hydrogens is 273 g/mol. The summed E-state index contributed by atoms with van der Waals surface area (Å²) in [5, 5.41) is 0. The quantitative estimate of drug-likeness (QED) is 0.831. The first-order valence-electron chi connectivity index (χ1n) is 6.47. The maximum atomic E-state index is 12.2. The van der Waals surface area contributed by atoms with Gasteiger partial charge < -0.3 is 15.5 Å². The van der Waals surface area contributed by atoms with Crippen molar-refractivity contribution in [2.45, 2.75) is 32.2 Å². The highest BCUT2D eigenvalue weighted by atomic mass is 35.5. The van der Waals surface area contributed by atoms with E-state index < -0.39 is 0 Å². The van der Waals surface area contributed by atoms with Gasteiger partial charge in [0.2, 0.25) is 5.91 Å². The maximum absolute atomic E-state index is 12.2. The van der Waals surface area contributed by atoms with Crippen molar-refractivity contribution in [3.05, 3.63) is 0 Å². The lowest BCUT2D eigenvalue weighted by molar-refractivity contribution is -0.137. The zero-order chi connectivity index (χ0) is 11.5. The Kier molecular flexibility index (Phi) is 8.19. The summed E-state index contributed by atoms with van der Waals surface area (Å²) in [6, 6.07) is 0.255. The number of nitrogens with two attached hydrogens (primary N) is 1. The SMILES string of the molecule is CCN1CCN(C(=O)C2CCC(N)C2)CC1.Cl.Cl. The lowest BCUT2D eigenvalue weighted by atomic mass is 10.1. The fourth-order valence-electron chi connectivity index (χ4n) is 2.78. The third kappa shape index (κ3) is 4.26. The number of likely N-dealkylation sites (N-methyl/N-ethyl adjacent to an activating group) is 1. The topological polar surface area (TPSA) is 49.6 Å². The van der Waals surface area contributed by atoms with E-state index in [0.717, 1.165) is 52.0 Å². The molecule has 1 amide bonds. The van der Waals surface area contributed by atoms with E-state index in [1.807, 2.05) is 4.90 Å². The second-order valence-electron chi connectivity index (χ2n) is 5.03. The lowest BCUT2D eigenvalue weighted by Crippen LogP contribution is -2.50. The van der Waals surface area contributed by atoms with Crippen LogP contribution in [0.15, 0.2) is 0 Å². The van der Waals surface area contributed by atoms with Gasteiger partial charge in [0, 0.05) is 38.1 Å². The van der Waals surface area contributed by atoms with Gasteiger partial charge in [-0.1, -0.05) is 6.92 Å². The van der Waals surface area contributed by atoms with Crippen molar-refractivity contribution in [3.63, 3.8) is 0 Å². The molecule has 108 valence electrons. The minimum Gasteiger partial charge on any atom is -0.340 e. The smallest absolute Gasteiger partial charge is 0.225 e. The molecular formula is C12H25Cl2N3O. The fourth-order valence-corrected chi connectivity index (χ4v) is 2.78. The molecule has 2 atom stereocenters. The van der Waals surface area contributed by atoms with E-state index in [0.29, 0.717) is 5.91 Å². The van der Waals surface area contributed by atoms with Crippen LogP contribution in [0.1, 0.15) is 26.2 Å². The molecule has 0 bridgehead atoms. The molecule has 1 aliphatic heterocycles. The average Bonchev–Trinajstić information content (AvgIpc) is 2.75. The zero-order valence-electron chi connectivity index (χ0n) is 11.0. The first kappa shape index (κ1) is 18.0. The summed E-state index contributed by atoms with van der Waals surface area (Å²) >= 11 is 0. The molecule has 18 heavy (non-hydrogen) atoms. The van der Waals surface area contributed by atoms with Crippen LogP contribution in [-0.2, 0) is 4.79 Å². The molecule has 2 fully saturated rings. The number of rotatable bonds is 2. The molecule has 0 aromatic rings. The Hall–Kier alpha value is -0.0300. The molecule has 1 saturated heterocycles. The molecule has 1 aliphatic carbocycles. The van der Waals surface area contributed by atoms with E-state index in [2.05, 4.69) is 11.8 Å². The second kappa shape index (κ2) is 8.20. The Morgan fingerprint density at radius 1 is 1.17 bits per heavy atom. The number of amides is 1. The van der Waals surface area contributed by atoms with E-state index in [1.54, 1.807) is 0 Å². The molecule has 6 heteroatoms. The summed E-state index contributed by atoms with van der Waals surface area (Å²) in [7, 11) is 0. The van der Waals surface area contributed by atoms with Gasteiger partial charge in [-0.25, -0.2) is 0 Å². The van der Waals surface area contributed by atoms with Gasteiger partial charge in [-0.2, -0.15) is 0 Å². The Labute approximate surface area is 122 Å². The van der Waals surface area contributed by atoms with Crippen molar-refractivity contribution in [2.75, 3.05) is 32.7 Å². The molecule has 2 rings (SSSR count). The first-order valence-corrected chi connectivity index (χ1v) is 6.47. The fraction of sp³-hybridized carbons (Fsp3) is 0.917. The minimum absolute atomic E-state index is 0. The third-order valence-electron chi connectivity index (χ3n) is 3.95. The molecule has 2 aliphatic rings. The second-order valence-corrected chi connectivity index (χ2v) is 5.03. The van der Waals surface area contributed by atoms with Gasteiger partial charge in [-0.3, -0.25) is 4.79 Å².